The summed E-state index contributed by atoms with van der Waals surface area (Å²) >= 11 is 7.71. The van der Waals surface area contributed by atoms with Crippen LogP contribution in [0, 0.1) is 13.8 Å². The number of hydrogen-bond acceptors (Lipinski definition) is 5. The minimum atomic E-state index is -0.114. The van der Waals surface area contributed by atoms with Crippen LogP contribution in [0.3, 0.4) is 0 Å². The summed E-state index contributed by atoms with van der Waals surface area (Å²) in [7, 11) is 1.57. The number of halogens is 1. The number of carbonyl (C=O) groups excluding carboxylic acids is 1. The number of nitrogens with zero attached hydrogens (tertiary/aromatic N) is 3. The van der Waals surface area contributed by atoms with Gasteiger partial charge in [0.25, 0.3) is 0 Å². The van der Waals surface area contributed by atoms with Crippen molar-refractivity contribution in [2.45, 2.75) is 19.0 Å². The fourth-order valence-corrected chi connectivity index (χ4v) is 4.36. The maximum Gasteiger partial charge on any atom is 0.234 e. The van der Waals surface area contributed by atoms with Crippen LogP contribution in [0.5, 0.6) is 5.75 Å². The van der Waals surface area contributed by atoms with Crippen LogP contribution < -0.4 is 10.1 Å². The van der Waals surface area contributed by atoms with Gasteiger partial charge >= 0.3 is 0 Å². The molecule has 0 aliphatic heterocycles. The van der Waals surface area contributed by atoms with Gasteiger partial charge in [0.2, 0.25) is 5.91 Å². The van der Waals surface area contributed by atoms with Crippen molar-refractivity contribution in [2.24, 2.45) is 0 Å². The number of amides is 1. The van der Waals surface area contributed by atoms with Crippen molar-refractivity contribution in [2.75, 3.05) is 18.2 Å². The monoisotopic (exact) mass is 478 g/mol. The Hall–Kier alpha value is -3.29. The van der Waals surface area contributed by atoms with Crippen molar-refractivity contribution in [1.29, 1.82) is 0 Å². The molecule has 0 aliphatic rings. The molecule has 0 aliphatic carbocycles. The minimum Gasteiger partial charge on any atom is -0.495 e. The van der Waals surface area contributed by atoms with Gasteiger partial charge in [-0.2, -0.15) is 0 Å². The molecule has 6 nitrogen and oxygen atoms in total. The second-order valence-corrected chi connectivity index (χ2v) is 8.83. The number of methoxy groups -OCH3 is 1. The number of benzene rings is 3. The third kappa shape index (κ3) is 5.21. The predicted octanol–water partition coefficient (Wildman–Crippen LogP) is 5.94. The molecule has 3 aromatic carbocycles. The van der Waals surface area contributed by atoms with Gasteiger partial charge in [-0.15, -0.1) is 10.2 Å². The van der Waals surface area contributed by atoms with Gasteiger partial charge in [0.1, 0.15) is 5.75 Å². The highest BCUT2D eigenvalue weighted by Gasteiger charge is 2.18. The Balaban J connectivity index is 1.63. The predicted molar refractivity (Wildman–Crippen MR) is 134 cm³/mol. The number of nitrogens with one attached hydrogen (secondary N) is 1. The molecule has 0 saturated heterocycles. The van der Waals surface area contributed by atoms with Crippen LogP contribution in [0.4, 0.5) is 5.69 Å². The van der Waals surface area contributed by atoms with Gasteiger partial charge in [-0.05, 0) is 49.2 Å². The van der Waals surface area contributed by atoms with Gasteiger partial charge in [0.15, 0.2) is 11.0 Å². The number of thioether (sulfide) groups is 1. The number of carbonyl (C=O) groups is 1. The molecule has 0 unspecified atom stereocenters. The Bertz CT molecular complexity index is 1290. The van der Waals surface area contributed by atoms with E-state index < -0.39 is 0 Å². The third-order valence-corrected chi connectivity index (χ3v) is 6.28. The van der Waals surface area contributed by atoms with E-state index in [1.165, 1.54) is 11.8 Å². The van der Waals surface area contributed by atoms with Crippen LogP contribution in [0.1, 0.15) is 11.1 Å². The van der Waals surface area contributed by atoms with Crippen LogP contribution in [-0.2, 0) is 4.79 Å². The lowest BCUT2D eigenvalue weighted by molar-refractivity contribution is -0.113. The number of ether oxygens (including phenoxy) is 1. The molecule has 0 atom stereocenters. The zero-order valence-electron chi connectivity index (χ0n) is 18.5. The largest absolute Gasteiger partial charge is 0.495 e. The normalized spacial score (nSPS) is 10.8. The van der Waals surface area contributed by atoms with Gasteiger partial charge < -0.3 is 10.1 Å². The Morgan fingerprint density at radius 1 is 1.06 bits per heavy atom. The van der Waals surface area contributed by atoms with Crippen molar-refractivity contribution in [3.05, 3.63) is 82.9 Å². The molecule has 168 valence electrons. The highest BCUT2D eigenvalue weighted by atomic mass is 35.5. The Kier molecular flexibility index (Phi) is 7.01. The van der Waals surface area contributed by atoms with E-state index in [2.05, 4.69) is 15.5 Å². The fraction of sp³-hybridized carbons (Fsp3) is 0.160. The molecule has 0 fully saturated rings. The summed E-state index contributed by atoms with van der Waals surface area (Å²) in [6.45, 7) is 3.97. The molecule has 0 radical (unpaired) electrons. The second kappa shape index (κ2) is 10.1. The molecule has 1 N–H and O–H groups in total. The van der Waals surface area contributed by atoms with Crippen molar-refractivity contribution in [3.63, 3.8) is 0 Å². The summed E-state index contributed by atoms with van der Waals surface area (Å²) in [5.74, 6) is 1.31. The van der Waals surface area contributed by atoms with Crippen LogP contribution >= 0.6 is 23.4 Å². The van der Waals surface area contributed by atoms with E-state index >= 15 is 0 Å². The molecular formula is C25H23ClN4O2S. The number of aryl methyl sites for hydroxylation is 2. The van der Waals surface area contributed by atoms with Gasteiger partial charge in [-0.3, -0.25) is 9.36 Å². The maximum atomic E-state index is 12.7. The second-order valence-electron chi connectivity index (χ2n) is 7.48. The quantitative estimate of drug-likeness (QED) is 0.333. The van der Waals surface area contributed by atoms with Gasteiger partial charge in [0.05, 0.1) is 23.6 Å². The van der Waals surface area contributed by atoms with Crippen molar-refractivity contribution >= 4 is 35.0 Å². The molecule has 1 amide bonds. The first-order valence-corrected chi connectivity index (χ1v) is 11.7. The molecule has 8 heteroatoms. The Labute approximate surface area is 202 Å². The summed E-state index contributed by atoms with van der Waals surface area (Å²) in [4.78, 5) is 12.7. The van der Waals surface area contributed by atoms with E-state index in [1.807, 2.05) is 73.0 Å². The van der Waals surface area contributed by atoms with E-state index in [4.69, 9.17) is 16.3 Å². The lowest BCUT2D eigenvalue weighted by atomic mass is 10.1. The highest BCUT2D eigenvalue weighted by Crippen LogP contribution is 2.32. The molecule has 0 spiro atoms. The van der Waals surface area contributed by atoms with Crippen molar-refractivity contribution < 1.29 is 9.53 Å². The van der Waals surface area contributed by atoms with Gasteiger partial charge in [0, 0.05) is 11.3 Å². The number of rotatable bonds is 7. The molecule has 1 aromatic heterocycles. The van der Waals surface area contributed by atoms with Gasteiger partial charge in [-0.25, -0.2) is 0 Å². The van der Waals surface area contributed by atoms with Crippen LogP contribution in [0.25, 0.3) is 17.1 Å². The zero-order chi connectivity index (χ0) is 23.4. The van der Waals surface area contributed by atoms with Crippen LogP contribution in [0.15, 0.2) is 71.9 Å². The third-order valence-electron chi connectivity index (χ3n) is 5.06. The van der Waals surface area contributed by atoms with Crippen molar-refractivity contribution in [3.8, 4) is 22.8 Å². The standard InChI is InChI=1S/C25H23ClN4O2S/c1-16-9-10-17(2)21(13-16)27-23(31)15-33-25-29-28-24(18-7-5-4-6-8-18)30(25)19-11-12-22(32-3)20(26)14-19/h4-14H,15H2,1-3H3,(H,27,31). The number of anilines is 1. The average molecular weight is 479 g/mol. The number of hydrogen-bond donors (Lipinski definition) is 1. The molecule has 0 bridgehead atoms. The fourth-order valence-electron chi connectivity index (χ4n) is 3.35. The van der Waals surface area contributed by atoms with Crippen LogP contribution in [0.2, 0.25) is 5.02 Å². The summed E-state index contributed by atoms with van der Waals surface area (Å²) in [6.07, 6.45) is 0. The number of aromatic nitrogens is 3. The lowest BCUT2D eigenvalue weighted by Crippen LogP contribution is -2.15. The summed E-state index contributed by atoms with van der Waals surface area (Å²) in [5.41, 5.74) is 4.60. The average Bonchev–Trinajstić information content (AvgIpc) is 3.24. The SMILES string of the molecule is COc1ccc(-n2c(SCC(=O)Nc3cc(C)ccc3C)nnc2-c2ccccc2)cc1Cl. The zero-order valence-corrected chi connectivity index (χ0v) is 20.1. The summed E-state index contributed by atoms with van der Waals surface area (Å²) < 4.78 is 7.18. The molecule has 0 saturated carbocycles. The maximum absolute atomic E-state index is 12.7. The summed E-state index contributed by atoms with van der Waals surface area (Å²) in [5, 5.41) is 12.8. The summed E-state index contributed by atoms with van der Waals surface area (Å²) in [6, 6.07) is 21.2. The first-order chi connectivity index (χ1) is 16.0. The smallest absolute Gasteiger partial charge is 0.234 e. The Morgan fingerprint density at radius 3 is 2.58 bits per heavy atom. The van der Waals surface area contributed by atoms with E-state index in [0.29, 0.717) is 21.8 Å². The van der Waals surface area contributed by atoms with E-state index in [9.17, 15) is 4.79 Å². The molecular weight excluding hydrogens is 456 g/mol. The van der Waals surface area contributed by atoms with Crippen molar-refractivity contribution in [1.82, 2.24) is 14.8 Å². The lowest BCUT2D eigenvalue weighted by Gasteiger charge is -2.13. The van der Waals surface area contributed by atoms with E-state index in [1.54, 1.807) is 19.2 Å². The first-order valence-electron chi connectivity index (χ1n) is 10.3. The highest BCUT2D eigenvalue weighted by molar-refractivity contribution is 7.99. The molecule has 33 heavy (non-hydrogen) atoms. The van der Waals surface area contributed by atoms with E-state index in [0.717, 1.165) is 28.1 Å². The van der Waals surface area contributed by atoms with Crippen LogP contribution in [-0.4, -0.2) is 33.5 Å². The molecule has 4 rings (SSSR count). The molecule has 4 aromatic rings. The Morgan fingerprint density at radius 2 is 1.85 bits per heavy atom. The molecule has 1 heterocycles. The first kappa shape index (κ1) is 22.9. The van der Waals surface area contributed by atoms with Gasteiger partial charge in [-0.1, -0.05) is 65.8 Å². The minimum absolute atomic E-state index is 0.114. The van der Waals surface area contributed by atoms with E-state index in [-0.39, 0.29) is 11.7 Å². The topological polar surface area (TPSA) is 69.0 Å².